The molecule has 1 aromatic heterocycles. The molecule has 0 aliphatic heterocycles. The average Bonchev–Trinajstić information content (AvgIpc) is 2.87. The molecular weight excluding hydrogens is 472 g/mol. The average molecular weight is 501 g/mol. The summed E-state index contributed by atoms with van der Waals surface area (Å²) in [5.74, 6) is 0.271. The van der Waals surface area contributed by atoms with Crippen LogP contribution in [0.25, 0.3) is 0 Å². The smallest absolute Gasteiger partial charge is 0.417 e. The van der Waals surface area contributed by atoms with Gasteiger partial charge in [-0.15, -0.1) is 0 Å². The largest absolute Gasteiger partial charge is 0.487 e. The Morgan fingerprint density at radius 1 is 1.05 bits per heavy atom. The summed E-state index contributed by atoms with van der Waals surface area (Å²) < 4.78 is 11.5. The number of pyridine rings is 1. The molecule has 2 aromatic carbocycles. The van der Waals surface area contributed by atoms with Gasteiger partial charge in [-0.1, -0.05) is 12.1 Å². The van der Waals surface area contributed by atoms with Crippen LogP contribution in [0.3, 0.4) is 0 Å². The summed E-state index contributed by atoms with van der Waals surface area (Å²) in [7, 11) is 0. The van der Waals surface area contributed by atoms with Gasteiger partial charge in [-0.3, -0.25) is 4.98 Å². The van der Waals surface area contributed by atoms with E-state index in [9.17, 15) is 15.0 Å². The molecular formula is C28H28N4O5. The summed E-state index contributed by atoms with van der Waals surface area (Å²) in [6, 6.07) is 17.0. The number of carbonyl (C=O) groups is 1. The summed E-state index contributed by atoms with van der Waals surface area (Å²) in [6.45, 7) is 6.46. The molecule has 190 valence electrons. The van der Waals surface area contributed by atoms with Crippen LogP contribution in [0.5, 0.6) is 5.75 Å². The first-order valence-corrected chi connectivity index (χ1v) is 11.5. The van der Waals surface area contributed by atoms with E-state index in [1.54, 1.807) is 52.0 Å². The van der Waals surface area contributed by atoms with Crippen LogP contribution in [0.4, 0.5) is 10.5 Å². The Morgan fingerprint density at radius 2 is 1.62 bits per heavy atom. The number of carbonyl (C=O) groups excluding carboxylic acids is 1. The minimum Gasteiger partial charge on any atom is -0.487 e. The van der Waals surface area contributed by atoms with Gasteiger partial charge in [0.15, 0.2) is 6.23 Å². The molecule has 0 fully saturated rings. The molecule has 1 heterocycles. The number of ether oxygens (including phenoxy) is 2. The topological polar surface area (TPSA) is 140 Å². The van der Waals surface area contributed by atoms with Crippen LogP contribution in [0, 0.1) is 29.6 Å². The number of anilines is 1. The van der Waals surface area contributed by atoms with Crippen molar-refractivity contribution < 1.29 is 24.5 Å². The number of nitrogens with zero attached hydrogens (tertiary/aromatic N) is 4. The Morgan fingerprint density at radius 3 is 2.14 bits per heavy atom. The van der Waals surface area contributed by atoms with Gasteiger partial charge in [0.2, 0.25) is 0 Å². The van der Waals surface area contributed by atoms with E-state index < -0.39 is 24.5 Å². The maximum absolute atomic E-state index is 13.2. The number of nitriles is 2. The Bertz CT molecular complexity index is 1330. The molecule has 0 spiro atoms. The highest BCUT2D eigenvalue weighted by Gasteiger charge is 2.32. The van der Waals surface area contributed by atoms with Crippen LogP contribution in [0.1, 0.15) is 60.5 Å². The monoisotopic (exact) mass is 500 g/mol. The summed E-state index contributed by atoms with van der Waals surface area (Å²) in [4.78, 5) is 18.5. The molecule has 1 amide bonds. The predicted octanol–water partition coefficient (Wildman–Crippen LogP) is 4.64. The van der Waals surface area contributed by atoms with Gasteiger partial charge in [0.1, 0.15) is 18.0 Å². The number of aliphatic hydroxyl groups is 2. The Kier molecular flexibility index (Phi) is 8.46. The fourth-order valence-corrected chi connectivity index (χ4v) is 3.55. The Hall–Kier alpha value is -4.44. The third-order valence-corrected chi connectivity index (χ3v) is 5.36. The standard InChI is InChI=1S/C28H28N4O5/c1-18-25(36-17-21-7-5-19(13-29)6-8-21)24(16-33)23(15-31-18)26(34)32(27(35)37-28(2,3)4)22-11-9-20(14-30)10-12-22/h5-12,15,26,33-34H,16-17H2,1-4H3. The van der Waals surface area contributed by atoms with E-state index in [-0.39, 0.29) is 29.2 Å². The van der Waals surface area contributed by atoms with Gasteiger partial charge in [0.05, 0.1) is 41.3 Å². The van der Waals surface area contributed by atoms with Crippen molar-refractivity contribution in [3.63, 3.8) is 0 Å². The van der Waals surface area contributed by atoms with Crippen molar-refractivity contribution >= 4 is 11.8 Å². The molecule has 9 nitrogen and oxygen atoms in total. The quantitative estimate of drug-likeness (QED) is 0.447. The first-order valence-electron chi connectivity index (χ1n) is 11.5. The van der Waals surface area contributed by atoms with Crippen molar-refractivity contribution in [2.75, 3.05) is 4.90 Å². The highest BCUT2D eigenvalue weighted by atomic mass is 16.6. The van der Waals surface area contributed by atoms with Crippen molar-refractivity contribution in [1.82, 2.24) is 4.98 Å². The highest BCUT2D eigenvalue weighted by Crippen LogP contribution is 2.34. The maximum atomic E-state index is 13.2. The van der Waals surface area contributed by atoms with E-state index in [2.05, 4.69) is 11.1 Å². The van der Waals surface area contributed by atoms with E-state index in [0.717, 1.165) is 10.5 Å². The first-order chi connectivity index (χ1) is 17.6. The number of hydrogen-bond acceptors (Lipinski definition) is 8. The van der Waals surface area contributed by atoms with Crippen LogP contribution in [0.15, 0.2) is 54.7 Å². The zero-order valence-corrected chi connectivity index (χ0v) is 21.1. The molecule has 2 N–H and O–H groups in total. The van der Waals surface area contributed by atoms with Crippen molar-refractivity contribution in [2.45, 2.75) is 52.7 Å². The summed E-state index contributed by atoms with van der Waals surface area (Å²) in [5, 5.41) is 39.8. The molecule has 1 unspecified atom stereocenters. The van der Waals surface area contributed by atoms with Gasteiger partial charge in [-0.25, -0.2) is 9.69 Å². The normalized spacial score (nSPS) is 11.7. The zero-order chi connectivity index (χ0) is 27.2. The molecule has 0 saturated carbocycles. The van der Waals surface area contributed by atoms with E-state index in [0.29, 0.717) is 16.8 Å². The lowest BCUT2D eigenvalue weighted by Crippen LogP contribution is -2.40. The molecule has 9 heteroatoms. The number of amides is 1. The second-order valence-electron chi connectivity index (χ2n) is 9.24. The number of aliphatic hydroxyl groups excluding tert-OH is 2. The van der Waals surface area contributed by atoms with E-state index in [1.165, 1.54) is 30.5 Å². The van der Waals surface area contributed by atoms with Gasteiger partial charge in [-0.2, -0.15) is 10.5 Å². The number of hydrogen-bond donors (Lipinski definition) is 2. The molecule has 0 aliphatic carbocycles. The second kappa shape index (κ2) is 11.5. The summed E-state index contributed by atoms with van der Waals surface area (Å²) >= 11 is 0. The number of benzene rings is 2. The highest BCUT2D eigenvalue weighted by molar-refractivity contribution is 5.88. The Labute approximate surface area is 215 Å². The fraction of sp³-hybridized carbons (Fsp3) is 0.286. The van der Waals surface area contributed by atoms with E-state index in [4.69, 9.17) is 20.0 Å². The van der Waals surface area contributed by atoms with E-state index in [1.807, 2.05) is 6.07 Å². The van der Waals surface area contributed by atoms with Gasteiger partial charge in [0, 0.05) is 17.3 Å². The molecule has 0 radical (unpaired) electrons. The molecule has 37 heavy (non-hydrogen) atoms. The molecule has 1 atom stereocenters. The van der Waals surface area contributed by atoms with Gasteiger partial charge < -0.3 is 19.7 Å². The van der Waals surface area contributed by atoms with Crippen LogP contribution >= 0.6 is 0 Å². The van der Waals surface area contributed by atoms with Gasteiger partial charge in [-0.05, 0) is 69.7 Å². The van der Waals surface area contributed by atoms with E-state index >= 15 is 0 Å². The fourth-order valence-electron chi connectivity index (χ4n) is 3.55. The zero-order valence-electron chi connectivity index (χ0n) is 21.1. The Balaban J connectivity index is 2.00. The van der Waals surface area contributed by atoms with Crippen molar-refractivity contribution in [1.29, 1.82) is 10.5 Å². The predicted molar refractivity (Wildman–Crippen MR) is 135 cm³/mol. The SMILES string of the molecule is Cc1ncc(C(O)N(C(=O)OC(C)(C)C)c2ccc(C#N)cc2)c(CO)c1OCc1ccc(C#N)cc1. The van der Waals surface area contributed by atoms with Gasteiger partial charge >= 0.3 is 6.09 Å². The van der Waals surface area contributed by atoms with Crippen molar-refractivity contribution in [3.05, 3.63) is 88.2 Å². The molecule has 3 aromatic rings. The number of aromatic nitrogens is 1. The first kappa shape index (κ1) is 27.2. The lowest BCUT2D eigenvalue weighted by molar-refractivity contribution is 0.0468. The third-order valence-electron chi connectivity index (χ3n) is 5.36. The lowest BCUT2D eigenvalue weighted by Gasteiger charge is -2.32. The lowest BCUT2D eigenvalue weighted by atomic mass is 10.1. The molecule has 0 saturated heterocycles. The number of rotatable bonds is 7. The van der Waals surface area contributed by atoms with Crippen LogP contribution in [-0.2, 0) is 18.0 Å². The minimum absolute atomic E-state index is 0.131. The van der Waals surface area contributed by atoms with Crippen molar-refractivity contribution in [3.8, 4) is 17.9 Å². The maximum Gasteiger partial charge on any atom is 0.417 e. The van der Waals surface area contributed by atoms with Gasteiger partial charge in [0.25, 0.3) is 0 Å². The second-order valence-corrected chi connectivity index (χ2v) is 9.24. The molecule has 0 bridgehead atoms. The summed E-state index contributed by atoms with van der Waals surface area (Å²) in [5.41, 5.74) is 2.03. The van der Waals surface area contributed by atoms with Crippen LogP contribution in [-0.4, -0.2) is 26.9 Å². The molecule has 0 aliphatic rings. The summed E-state index contributed by atoms with van der Waals surface area (Å²) in [6.07, 6.45) is -1.04. The van der Waals surface area contributed by atoms with Crippen molar-refractivity contribution in [2.24, 2.45) is 0 Å². The molecule has 3 rings (SSSR count). The number of aryl methyl sites for hydroxylation is 1. The van der Waals surface area contributed by atoms with Crippen LogP contribution in [0.2, 0.25) is 0 Å². The third kappa shape index (κ3) is 6.62. The van der Waals surface area contributed by atoms with Crippen LogP contribution < -0.4 is 9.64 Å². The minimum atomic E-state index is -1.59.